The molecule has 0 spiro atoms. The number of aryl methyl sites for hydroxylation is 3. The van der Waals surface area contributed by atoms with Gasteiger partial charge >= 0.3 is 0 Å². The number of carbonyl (C=O) groups excluding carboxylic acids is 1. The molecule has 4 rings (SSSR count). The SMILES string of the molecule is Cc1nc2cc(F)ccc2cc1C(=O)N[C@@H]1CCc2nnc(C)n2C1. The number of aromatic nitrogens is 4. The van der Waals surface area contributed by atoms with Crippen LogP contribution < -0.4 is 5.32 Å². The zero-order valence-electron chi connectivity index (χ0n) is 14.1. The normalized spacial score (nSPS) is 16.7. The average Bonchev–Trinajstić information content (AvgIpc) is 2.95. The molecule has 0 bridgehead atoms. The van der Waals surface area contributed by atoms with Gasteiger partial charge in [0.2, 0.25) is 0 Å². The lowest BCUT2D eigenvalue weighted by atomic mass is 10.0. The molecule has 1 aromatic carbocycles. The lowest BCUT2D eigenvalue weighted by Gasteiger charge is -2.25. The Labute approximate surface area is 144 Å². The maximum absolute atomic E-state index is 13.3. The molecule has 25 heavy (non-hydrogen) atoms. The van der Waals surface area contributed by atoms with Crippen LogP contribution in [0.25, 0.3) is 10.9 Å². The van der Waals surface area contributed by atoms with E-state index < -0.39 is 0 Å². The highest BCUT2D eigenvalue weighted by Crippen LogP contribution is 2.19. The first-order valence-corrected chi connectivity index (χ1v) is 8.28. The molecule has 0 saturated heterocycles. The van der Waals surface area contributed by atoms with Crippen LogP contribution in [0.5, 0.6) is 0 Å². The summed E-state index contributed by atoms with van der Waals surface area (Å²) in [5, 5.41) is 12.1. The van der Waals surface area contributed by atoms with Crippen LogP contribution in [-0.2, 0) is 13.0 Å². The molecule has 128 valence electrons. The van der Waals surface area contributed by atoms with Crippen LogP contribution in [0.3, 0.4) is 0 Å². The van der Waals surface area contributed by atoms with Crippen molar-refractivity contribution in [2.75, 3.05) is 0 Å². The van der Waals surface area contributed by atoms with Gasteiger partial charge in [-0.25, -0.2) is 4.39 Å². The summed E-state index contributed by atoms with van der Waals surface area (Å²) in [6.07, 6.45) is 1.62. The lowest BCUT2D eigenvalue weighted by molar-refractivity contribution is 0.0926. The third-order valence-corrected chi connectivity index (χ3v) is 4.68. The summed E-state index contributed by atoms with van der Waals surface area (Å²) in [5.74, 6) is 1.34. The quantitative estimate of drug-likeness (QED) is 0.778. The Morgan fingerprint density at radius 3 is 2.96 bits per heavy atom. The average molecular weight is 339 g/mol. The molecule has 0 aliphatic carbocycles. The predicted octanol–water partition coefficient (Wildman–Crippen LogP) is 2.33. The van der Waals surface area contributed by atoms with Crippen LogP contribution in [0.15, 0.2) is 24.3 Å². The van der Waals surface area contributed by atoms with Gasteiger partial charge in [0, 0.05) is 30.5 Å². The summed E-state index contributed by atoms with van der Waals surface area (Å²) in [6, 6.07) is 6.18. The van der Waals surface area contributed by atoms with Crippen molar-refractivity contribution in [1.82, 2.24) is 25.1 Å². The first kappa shape index (κ1) is 15.7. The van der Waals surface area contributed by atoms with Crippen molar-refractivity contribution in [3.63, 3.8) is 0 Å². The molecule has 1 aliphatic heterocycles. The van der Waals surface area contributed by atoms with E-state index in [-0.39, 0.29) is 17.8 Å². The minimum atomic E-state index is -0.334. The molecule has 0 unspecified atom stereocenters. The highest BCUT2D eigenvalue weighted by atomic mass is 19.1. The predicted molar refractivity (Wildman–Crippen MR) is 90.8 cm³/mol. The van der Waals surface area contributed by atoms with Crippen LogP contribution in [0.4, 0.5) is 4.39 Å². The van der Waals surface area contributed by atoms with Gasteiger partial charge in [0.05, 0.1) is 16.8 Å². The Hall–Kier alpha value is -2.83. The van der Waals surface area contributed by atoms with Crippen LogP contribution in [-0.4, -0.2) is 31.7 Å². The zero-order valence-corrected chi connectivity index (χ0v) is 14.1. The van der Waals surface area contributed by atoms with Crippen LogP contribution in [0.1, 0.15) is 34.1 Å². The summed E-state index contributed by atoms with van der Waals surface area (Å²) >= 11 is 0. The van der Waals surface area contributed by atoms with E-state index in [0.717, 1.165) is 29.9 Å². The molecule has 0 fully saturated rings. The number of nitrogens with zero attached hydrogens (tertiary/aromatic N) is 4. The molecule has 1 atom stereocenters. The van der Waals surface area contributed by atoms with Crippen molar-refractivity contribution >= 4 is 16.8 Å². The number of rotatable bonds is 2. The number of amides is 1. The highest BCUT2D eigenvalue weighted by molar-refractivity contribution is 5.98. The molecule has 1 amide bonds. The molecule has 7 heteroatoms. The molecule has 2 aromatic heterocycles. The van der Waals surface area contributed by atoms with Gasteiger partial charge in [0.1, 0.15) is 17.5 Å². The Balaban J connectivity index is 1.57. The van der Waals surface area contributed by atoms with Gasteiger partial charge in [-0.1, -0.05) is 0 Å². The number of hydrogen-bond donors (Lipinski definition) is 1. The summed E-state index contributed by atoms with van der Waals surface area (Å²) < 4.78 is 15.4. The van der Waals surface area contributed by atoms with E-state index in [2.05, 4.69) is 20.5 Å². The fraction of sp³-hybridized carbons (Fsp3) is 0.333. The smallest absolute Gasteiger partial charge is 0.253 e. The Kier molecular flexibility index (Phi) is 3.71. The second-order valence-electron chi connectivity index (χ2n) is 6.44. The summed E-state index contributed by atoms with van der Waals surface area (Å²) in [5.41, 5.74) is 1.66. The molecule has 3 heterocycles. The van der Waals surface area contributed by atoms with E-state index in [0.29, 0.717) is 23.3 Å². The minimum absolute atomic E-state index is 0.0259. The molecule has 0 radical (unpaired) electrons. The van der Waals surface area contributed by atoms with E-state index in [1.54, 1.807) is 19.1 Å². The topological polar surface area (TPSA) is 72.7 Å². The number of pyridine rings is 1. The Morgan fingerprint density at radius 1 is 1.28 bits per heavy atom. The van der Waals surface area contributed by atoms with Crippen molar-refractivity contribution in [3.05, 3.63) is 53.0 Å². The molecular formula is C18H18FN5O. The third-order valence-electron chi connectivity index (χ3n) is 4.68. The first-order chi connectivity index (χ1) is 12.0. The maximum Gasteiger partial charge on any atom is 0.253 e. The summed E-state index contributed by atoms with van der Waals surface area (Å²) in [6.45, 7) is 4.35. The van der Waals surface area contributed by atoms with Crippen molar-refractivity contribution in [2.45, 2.75) is 39.3 Å². The van der Waals surface area contributed by atoms with Crippen LogP contribution in [0.2, 0.25) is 0 Å². The highest BCUT2D eigenvalue weighted by Gasteiger charge is 2.24. The molecule has 6 nitrogen and oxygen atoms in total. The van der Waals surface area contributed by atoms with Crippen molar-refractivity contribution < 1.29 is 9.18 Å². The van der Waals surface area contributed by atoms with Gasteiger partial charge in [-0.2, -0.15) is 0 Å². The third kappa shape index (κ3) is 2.86. The number of benzene rings is 1. The second kappa shape index (κ2) is 5.91. The summed E-state index contributed by atoms with van der Waals surface area (Å²) in [4.78, 5) is 17.1. The van der Waals surface area contributed by atoms with Crippen LogP contribution >= 0.6 is 0 Å². The molecule has 1 N–H and O–H groups in total. The van der Waals surface area contributed by atoms with Gasteiger partial charge in [-0.15, -0.1) is 10.2 Å². The number of nitrogens with one attached hydrogen (secondary N) is 1. The Morgan fingerprint density at radius 2 is 2.12 bits per heavy atom. The van der Waals surface area contributed by atoms with Gasteiger partial charge in [0.15, 0.2) is 0 Å². The number of fused-ring (bicyclic) bond motifs is 2. The molecule has 1 aliphatic rings. The van der Waals surface area contributed by atoms with Gasteiger partial charge in [0.25, 0.3) is 5.91 Å². The van der Waals surface area contributed by atoms with Crippen molar-refractivity contribution in [3.8, 4) is 0 Å². The fourth-order valence-electron chi connectivity index (χ4n) is 3.31. The van der Waals surface area contributed by atoms with E-state index >= 15 is 0 Å². The van der Waals surface area contributed by atoms with Crippen molar-refractivity contribution in [1.29, 1.82) is 0 Å². The molecule has 3 aromatic rings. The monoisotopic (exact) mass is 339 g/mol. The van der Waals surface area contributed by atoms with Gasteiger partial charge < -0.3 is 9.88 Å². The maximum atomic E-state index is 13.3. The minimum Gasteiger partial charge on any atom is -0.347 e. The van der Waals surface area contributed by atoms with Gasteiger partial charge in [-0.3, -0.25) is 9.78 Å². The fourth-order valence-corrected chi connectivity index (χ4v) is 3.31. The number of hydrogen-bond acceptors (Lipinski definition) is 4. The van der Waals surface area contributed by atoms with E-state index in [9.17, 15) is 9.18 Å². The van der Waals surface area contributed by atoms with Crippen LogP contribution in [0, 0.1) is 19.7 Å². The lowest BCUT2D eigenvalue weighted by Crippen LogP contribution is -2.41. The number of halogens is 1. The van der Waals surface area contributed by atoms with Gasteiger partial charge in [-0.05, 0) is 38.5 Å². The van der Waals surface area contributed by atoms with E-state index in [1.807, 2.05) is 11.5 Å². The second-order valence-corrected chi connectivity index (χ2v) is 6.44. The summed E-state index contributed by atoms with van der Waals surface area (Å²) in [7, 11) is 0. The largest absolute Gasteiger partial charge is 0.347 e. The zero-order chi connectivity index (χ0) is 17.6. The molecular weight excluding hydrogens is 321 g/mol. The van der Waals surface area contributed by atoms with E-state index in [1.165, 1.54) is 12.1 Å². The van der Waals surface area contributed by atoms with E-state index in [4.69, 9.17) is 0 Å². The Bertz CT molecular complexity index is 981. The van der Waals surface area contributed by atoms with Crippen molar-refractivity contribution in [2.24, 2.45) is 0 Å². The standard InChI is InChI=1S/C18H18FN5O/c1-10-15(7-12-3-4-13(19)8-16(12)20-10)18(25)21-14-5-6-17-23-22-11(2)24(17)9-14/h3-4,7-8,14H,5-6,9H2,1-2H3,(H,21,25)/t14-/m1/s1. The number of carbonyl (C=O) groups is 1. The first-order valence-electron chi connectivity index (χ1n) is 8.28. The molecule has 0 saturated carbocycles.